The van der Waals surface area contributed by atoms with Crippen LogP contribution in [0.15, 0.2) is 109 Å². The Bertz CT molecular complexity index is 838. The van der Waals surface area contributed by atoms with Crippen molar-refractivity contribution < 1.29 is 36.4 Å². The number of hydrogen-bond donors (Lipinski definition) is 2. The molecule has 0 bridgehead atoms. The van der Waals surface area contributed by atoms with Crippen LogP contribution in [0, 0.1) is 0 Å². The van der Waals surface area contributed by atoms with Crippen LogP contribution in [0.2, 0.25) is 0 Å². The molecular weight excluding hydrogens is 411 g/mol. The number of phenols is 2. The van der Waals surface area contributed by atoms with Gasteiger partial charge in [-0.1, -0.05) is 84.9 Å². The summed E-state index contributed by atoms with van der Waals surface area (Å²) in [5, 5.41) is 18.2. The van der Waals surface area contributed by atoms with Crippen LogP contribution in [0.25, 0.3) is 22.3 Å². The van der Waals surface area contributed by atoms with Crippen molar-refractivity contribution in [1.82, 2.24) is 0 Å². The first-order valence-corrected chi connectivity index (χ1v) is 8.41. The summed E-state index contributed by atoms with van der Waals surface area (Å²) >= 11 is 0. The van der Waals surface area contributed by atoms with Gasteiger partial charge in [0.2, 0.25) is 0 Å². The van der Waals surface area contributed by atoms with Crippen LogP contribution in [0.3, 0.4) is 0 Å². The Hall–Kier alpha value is -2.64. The summed E-state index contributed by atoms with van der Waals surface area (Å²) < 4.78 is 0. The molecule has 4 rings (SSSR count). The molecule has 0 saturated heterocycles. The summed E-state index contributed by atoms with van der Waals surface area (Å²) in [5.74, 6) is 0.611. The molecule has 0 aliphatic rings. The van der Waals surface area contributed by atoms with Crippen molar-refractivity contribution in [2.75, 3.05) is 0 Å². The van der Waals surface area contributed by atoms with E-state index < -0.39 is 0 Å². The maximum atomic E-state index is 9.10. The number of hydrogen-bond acceptors (Lipinski definition) is 2. The van der Waals surface area contributed by atoms with E-state index in [1.165, 1.54) is 11.1 Å². The SMILES string of the molecule is Oc1ccc(-c2ccccc2)cc1.Oc1ccc(-c2ccccc2)cc1.[Zr]. The topological polar surface area (TPSA) is 40.5 Å². The average molecular weight is 432 g/mol. The molecule has 4 aromatic carbocycles. The molecule has 0 heterocycles. The van der Waals surface area contributed by atoms with Gasteiger partial charge >= 0.3 is 0 Å². The third kappa shape index (κ3) is 6.23. The summed E-state index contributed by atoms with van der Waals surface area (Å²) in [6.45, 7) is 0. The molecule has 0 atom stereocenters. The molecule has 2 nitrogen and oxygen atoms in total. The fourth-order valence-corrected chi connectivity index (χ4v) is 2.57. The van der Waals surface area contributed by atoms with Gasteiger partial charge in [0.25, 0.3) is 0 Å². The maximum Gasteiger partial charge on any atom is 0.115 e. The van der Waals surface area contributed by atoms with Crippen LogP contribution < -0.4 is 0 Å². The Morgan fingerprint density at radius 2 is 0.593 bits per heavy atom. The van der Waals surface area contributed by atoms with Crippen molar-refractivity contribution in [2.45, 2.75) is 0 Å². The predicted octanol–water partition coefficient (Wildman–Crippen LogP) is 6.12. The minimum atomic E-state index is 0. The summed E-state index contributed by atoms with van der Waals surface area (Å²) in [6, 6.07) is 34.6. The molecule has 0 spiro atoms. The van der Waals surface area contributed by atoms with Gasteiger partial charge in [0.05, 0.1) is 0 Å². The Kier molecular flexibility index (Phi) is 8.04. The van der Waals surface area contributed by atoms with Crippen LogP contribution >= 0.6 is 0 Å². The van der Waals surface area contributed by atoms with E-state index in [0.717, 1.165) is 11.1 Å². The fourth-order valence-electron chi connectivity index (χ4n) is 2.57. The Morgan fingerprint density at radius 1 is 0.333 bits per heavy atom. The monoisotopic (exact) mass is 430 g/mol. The van der Waals surface area contributed by atoms with Crippen LogP contribution in [-0.4, -0.2) is 10.2 Å². The van der Waals surface area contributed by atoms with Crippen molar-refractivity contribution in [1.29, 1.82) is 0 Å². The number of aromatic hydroxyl groups is 2. The van der Waals surface area contributed by atoms with E-state index in [9.17, 15) is 0 Å². The quantitative estimate of drug-likeness (QED) is 0.402. The zero-order valence-corrected chi connectivity index (χ0v) is 17.2. The van der Waals surface area contributed by atoms with Crippen LogP contribution in [-0.2, 0) is 26.2 Å². The Morgan fingerprint density at radius 3 is 0.889 bits per heavy atom. The van der Waals surface area contributed by atoms with Crippen LogP contribution in [0.1, 0.15) is 0 Å². The van der Waals surface area contributed by atoms with Gasteiger partial charge in [-0.15, -0.1) is 0 Å². The van der Waals surface area contributed by atoms with E-state index in [1.807, 2.05) is 84.9 Å². The van der Waals surface area contributed by atoms with E-state index in [2.05, 4.69) is 0 Å². The standard InChI is InChI=1S/2C12H10O.Zr/c2*13-12-8-6-11(7-9-12)10-4-2-1-3-5-10;/h2*1-9,13H;. The molecule has 0 aliphatic heterocycles. The number of benzene rings is 4. The van der Waals surface area contributed by atoms with Gasteiger partial charge in [0.1, 0.15) is 11.5 Å². The third-order valence-electron chi connectivity index (χ3n) is 3.95. The molecule has 0 amide bonds. The molecule has 0 unspecified atom stereocenters. The van der Waals surface area contributed by atoms with Gasteiger partial charge < -0.3 is 10.2 Å². The molecule has 0 aromatic heterocycles. The first-order valence-electron chi connectivity index (χ1n) is 8.41. The van der Waals surface area contributed by atoms with Crippen molar-refractivity contribution >= 4 is 0 Å². The fraction of sp³-hybridized carbons (Fsp3) is 0. The summed E-state index contributed by atoms with van der Waals surface area (Å²) in [6.07, 6.45) is 0. The molecule has 0 saturated carbocycles. The van der Waals surface area contributed by atoms with Crippen molar-refractivity contribution in [3.8, 4) is 33.8 Å². The molecule has 3 heteroatoms. The predicted molar refractivity (Wildman–Crippen MR) is 107 cm³/mol. The van der Waals surface area contributed by atoms with Crippen molar-refractivity contribution in [3.05, 3.63) is 109 Å². The Labute approximate surface area is 178 Å². The maximum absolute atomic E-state index is 9.10. The zero-order valence-electron chi connectivity index (χ0n) is 14.8. The second-order valence-corrected chi connectivity index (χ2v) is 5.83. The number of phenolic OH excluding ortho intramolecular Hbond substituents is 2. The molecule has 0 fully saturated rings. The van der Waals surface area contributed by atoms with Gasteiger partial charge in [-0.25, -0.2) is 0 Å². The van der Waals surface area contributed by atoms with Gasteiger partial charge in [-0.05, 0) is 46.5 Å². The second kappa shape index (κ2) is 10.5. The van der Waals surface area contributed by atoms with Crippen LogP contribution in [0.4, 0.5) is 0 Å². The van der Waals surface area contributed by atoms with E-state index in [4.69, 9.17) is 10.2 Å². The molecular formula is C24H20O2Zr. The van der Waals surface area contributed by atoms with E-state index in [1.54, 1.807) is 24.3 Å². The smallest absolute Gasteiger partial charge is 0.115 e. The first kappa shape index (κ1) is 20.7. The largest absolute Gasteiger partial charge is 0.508 e. The molecule has 132 valence electrons. The van der Waals surface area contributed by atoms with E-state index in [-0.39, 0.29) is 26.2 Å². The van der Waals surface area contributed by atoms with Gasteiger partial charge in [-0.2, -0.15) is 0 Å². The summed E-state index contributed by atoms with van der Waals surface area (Å²) in [7, 11) is 0. The average Bonchev–Trinajstić information content (AvgIpc) is 2.71. The second-order valence-electron chi connectivity index (χ2n) is 5.83. The molecule has 27 heavy (non-hydrogen) atoms. The van der Waals surface area contributed by atoms with Crippen LogP contribution in [0.5, 0.6) is 11.5 Å². The Balaban J connectivity index is 0.000000187. The van der Waals surface area contributed by atoms with Gasteiger partial charge in [0.15, 0.2) is 0 Å². The third-order valence-corrected chi connectivity index (χ3v) is 3.95. The van der Waals surface area contributed by atoms with E-state index >= 15 is 0 Å². The summed E-state index contributed by atoms with van der Waals surface area (Å²) in [4.78, 5) is 0. The minimum Gasteiger partial charge on any atom is -0.508 e. The summed E-state index contributed by atoms with van der Waals surface area (Å²) in [5.41, 5.74) is 4.59. The molecule has 4 aromatic rings. The van der Waals surface area contributed by atoms with E-state index in [0.29, 0.717) is 11.5 Å². The number of rotatable bonds is 2. The normalized spacial score (nSPS) is 9.48. The van der Waals surface area contributed by atoms with Crippen molar-refractivity contribution in [2.24, 2.45) is 0 Å². The molecule has 0 radical (unpaired) electrons. The zero-order chi connectivity index (χ0) is 18.2. The molecule has 2 N–H and O–H groups in total. The van der Waals surface area contributed by atoms with Crippen molar-refractivity contribution in [3.63, 3.8) is 0 Å². The first-order chi connectivity index (χ1) is 12.7. The minimum absolute atomic E-state index is 0. The van der Waals surface area contributed by atoms with Gasteiger partial charge in [-0.3, -0.25) is 0 Å². The van der Waals surface area contributed by atoms with Gasteiger partial charge in [0, 0.05) is 26.2 Å². The molecule has 0 aliphatic carbocycles.